The molecule has 0 radical (unpaired) electrons. The Morgan fingerprint density at radius 2 is 2.14 bits per heavy atom. The molecule has 1 aliphatic heterocycles. The van der Waals surface area contributed by atoms with E-state index in [0.29, 0.717) is 12.2 Å². The van der Waals surface area contributed by atoms with Crippen LogP contribution in [0.25, 0.3) is 11.0 Å². The molecule has 1 aliphatic rings. The Morgan fingerprint density at radius 1 is 1.38 bits per heavy atom. The van der Waals surface area contributed by atoms with Crippen LogP contribution in [0.1, 0.15) is 25.1 Å². The molecule has 1 fully saturated rings. The van der Waals surface area contributed by atoms with Crippen molar-refractivity contribution in [1.29, 1.82) is 0 Å². The minimum absolute atomic E-state index is 0.0499. The Balaban J connectivity index is 1.71. The lowest BCUT2D eigenvalue weighted by Crippen LogP contribution is -2.33. The van der Waals surface area contributed by atoms with Crippen molar-refractivity contribution in [2.24, 2.45) is 5.92 Å². The number of carbonyl (C=O) groups is 1. The normalized spacial score (nSPS) is 22.2. The molecule has 2 heterocycles. The van der Waals surface area contributed by atoms with Crippen molar-refractivity contribution in [1.82, 2.24) is 5.32 Å². The molecular weight excluding hydrogens is 290 g/mol. The van der Waals surface area contributed by atoms with Crippen molar-refractivity contribution in [2.45, 2.75) is 19.4 Å². The van der Waals surface area contributed by atoms with Gasteiger partial charge in [0.25, 0.3) is 0 Å². The fourth-order valence-electron chi connectivity index (χ4n) is 2.62. The van der Waals surface area contributed by atoms with E-state index in [1.165, 1.54) is 0 Å². The van der Waals surface area contributed by atoms with Crippen LogP contribution in [0.4, 0.5) is 0 Å². The number of nitrogens with one attached hydrogen (secondary N) is 1. The number of sulfone groups is 1. The smallest absolute Gasteiger partial charge is 0.224 e. The average molecular weight is 307 g/mol. The number of carbonyl (C=O) groups excluding carboxylic acids is 1. The molecule has 21 heavy (non-hydrogen) atoms. The van der Waals surface area contributed by atoms with Crippen LogP contribution in [0, 0.1) is 5.92 Å². The Morgan fingerprint density at radius 3 is 2.81 bits per heavy atom. The van der Waals surface area contributed by atoms with E-state index in [2.05, 4.69) is 5.32 Å². The first-order chi connectivity index (χ1) is 9.94. The summed E-state index contributed by atoms with van der Waals surface area (Å²) in [6.45, 7) is 1.83. The highest BCUT2D eigenvalue weighted by Gasteiger charge is 2.33. The van der Waals surface area contributed by atoms with E-state index in [1.807, 2.05) is 37.3 Å². The summed E-state index contributed by atoms with van der Waals surface area (Å²) in [5, 5.41) is 3.82. The lowest BCUT2D eigenvalue weighted by Gasteiger charge is -2.14. The van der Waals surface area contributed by atoms with Gasteiger partial charge in [-0.1, -0.05) is 18.2 Å². The molecule has 0 bridgehead atoms. The first-order valence-corrected chi connectivity index (χ1v) is 8.76. The molecule has 1 N–H and O–H groups in total. The van der Waals surface area contributed by atoms with Crippen LogP contribution >= 0.6 is 0 Å². The van der Waals surface area contributed by atoms with Crippen molar-refractivity contribution in [3.05, 3.63) is 36.1 Å². The monoisotopic (exact) mass is 307 g/mol. The molecule has 6 heteroatoms. The topological polar surface area (TPSA) is 76.4 Å². The van der Waals surface area contributed by atoms with Crippen molar-refractivity contribution in [3.63, 3.8) is 0 Å². The highest BCUT2D eigenvalue weighted by molar-refractivity contribution is 7.91. The number of rotatable bonds is 3. The van der Waals surface area contributed by atoms with Gasteiger partial charge in [0.05, 0.1) is 23.5 Å². The molecular formula is C15H17NO4S. The zero-order valence-corrected chi connectivity index (χ0v) is 12.5. The zero-order chi connectivity index (χ0) is 15.0. The van der Waals surface area contributed by atoms with Gasteiger partial charge in [0.15, 0.2) is 9.84 Å². The summed E-state index contributed by atoms with van der Waals surface area (Å²) in [5.74, 6) is 0.0618. The van der Waals surface area contributed by atoms with Crippen LogP contribution in [-0.2, 0) is 14.6 Å². The Bertz CT molecular complexity index is 745. The summed E-state index contributed by atoms with van der Waals surface area (Å²) in [6.07, 6.45) is 0.404. The van der Waals surface area contributed by atoms with Gasteiger partial charge in [-0.05, 0) is 25.5 Å². The Labute approximate surface area is 123 Å². The number of hydrogen-bond donors (Lipinski definition) is 1. The third-order valence-electron chi connectivity index (χ3n) is 3.83. The van der Waals surface area contributed by atoms with Gasteiger partial charge in [-0.25, -0.2) is 8.42 Å². The summed E-state index contributed by atoms with van der Waals surface area (Å²) >= 11 is 0. The number of fused-ring (bicyclic) bond motifs is 1. The van der Waals surface area contributed by atoms with Gasteiger partial charge in [0.1, 0.15) is 11.3 Å². The molecule has 0 saturated carbocycles. The molecule has 112 valence electrons. The number of benzene rings is 1. The molecule has 0 aliphatic carbocycles. The maximum Gasteiger partial charge on any atom is 0.224 e. The van der Waals surface area contributed by atoms with Gasteiger partial charge in [0, 0.05) is 5.39 Å². The first kappa shape index (κ1) is 14.1. The van der Waals surface area contributed by atoms with Crippen LogP contribution in [0.2, 0.25) is 0 Å². The summed E-state index contributed by atoms with van der Waals surface area (Å²) in [6, 6.07) is 9.24. The van der Waals surface area contributed by atoms with Crippen LogP contribution in [0.15, 0.2) is 34.7 Å². The van der Waals surface area contributed by atoms with E-state index in [4.69, 9.17) is 4.42 Å². The van der Waals surface area contributed by atoms with Crippen LogP contribution < -0.4 is 5.32 Å². The molecule has 0 unspecified atom stereocenters. The average Bonchev–Trinajstić information content (AvgIpc) is 3.01. The van der Waals surface area contributed by atoms with Crippen molar-refractivity contribution in [2.75, 3.05) is 11.5 Å². The summed E-state index contributed by atoms with van der Waals surface area (Å²) < 4.78 is 28.5. The highest BCUT2D eigenvalue weighted by atomic mass is 32.2. The lowest BCUT2D eigenvalue weighted by molar-refractivity contribution is -0.125. The quantitative estimate of drug-likeness (QED) is 0.941. The lowest BCUT2D eigenvalue weighted by atomic mass is 10.1. The molecule has 3 rings (SSSR count). The van der Waals surface area contributed by atoms with Crippen molar-refractivity contribution >= 4 is 26.7 Å². The molecule has 5 nitrogen and oxygen atoms in total. The van der Waals surface area contributed by atoms with Gasteiger partial charge in [-0.15, -0.1) is 0 Å². The fraction of sp³-hybridized carbons (Fsp3) is 0.400. The van der Waals surface area contributed by atoms with Crippen LogP contribution in [0.5, 0.6) is 0 Å². The van der Waals surface area contributed by atoms with Gasteiger partial charge >= 0.3 is 0 Å². The van der Waals surface area contributed by atoms with E-state index in [1.54, 1.807) is 0 Å². The second kappa shape index (κ2) is 5.18. The maximum atomic E-state index is 12.1. The van der Waals surface area contributed by atoms with E-state index < -0.39 is 15.8 Å². The molecule has 1 amide bonds. The van der Waals surface area contributed by atoms with Gasteiger partial charge in [0.2, 0.25) is 5.91 Å². The predicted molar refractivity (Wildman–Crippen MR) is 79.5 cm³/mol. The summed E-state index contributed by atoms with van der Waals surface area (Å²) in [5.41, 5.74) is 0.775. The fourth-order valence-corrected chi connectivity index (χ4v) is 4.36. The molecule has 1 saturated heterocycles. The second-order valence-electron chi connectivity index (χ2n) is 5.52. The number of para-hydroxylation sites is 1. The number of furan rings is 1. The molecule has 1 aromatic heterocycles. The molecule has 2 aromatic rings. The zero-order valence-electron chi connectivity index (χ0n) is 11.7. The van der Waals surface area contributed by atoms with Gasteiger partial charge < -0.3 is 9.73 Å². The van der Waals surface area contributed by atoms with E-state index in [9.17, 15) is 13.2 Å². The largest absolute Gasteiger partial charge is 0.459 e. The third-order valence-corrected chi connectivity index (χ3v) is 5.60. The molecule has 0 spiro atoms. The Hall–Kier alpha value is -1.82. The summed E-state index contributed by atoms with van der Waals surface area (Å²) in [4.78, 5) is 12.1. The van der Waals surface area contributed by atoms with Gasteiger partial charge in [-0.2, -0.15) is 0 Å². The molecule has 2 atom stereocenters. The van der Waals surface area contributed by atoms with E-state index >= 15 is 0 Å². The highest BCUT2D eigenvalue weighted by Crippen LogP contribution is 2.25. The maximum absolute atomic E-state index is 12.1. The SMILES string of the molecule is C[C@@H](NC(=O)[C@@H]1CCS(=O)(=O)C1)c1cc2ccccc2o1. The van der Waals surface area contributed by atoms with Gasteiger partial charge in [-0.3, -0.25) is 4.79 Å². The first-order valence-electron chi connectivity index (χ1n) is 6.94. The molecule has 1 aromatic carbocycles. The van der Waals surface area contributed by atoms with E-state index in [0.717, 1.165) is 11.0 Å². The predicted octanol–water partition coefficient (Wildman–Crippen LogP) is 2.04. The van der Waals surface area contributed by atoms with Crippen molar-refractivity contribution < 1.29 is 17.6 Å². The van der Waals surface area contributed by atoms with Crippen LogP contribution in [-0.4, -0.2) is 25.8 Å². The third kappa shape index (κ3) is 2.95. The number of hydrogen-bond acceptors (Lipinski definition) is 4. The minimum atomic E-state index is -3.05. The number of amides is 1. The standard InChI is InChI=1S/C15H17NO4S/c1-10(14-8-11-4-2-3-5-13(11)20-14)16-15(17)12-6-7-21(18,19)9-12/h2-5,8,10,12H,6-7,9H2,1H3,(H,16,17)/t10-,12-/m1/s1. The summed E-state index contributed by atoms with van der Waals surface area (Å²) in [7, 11) is -3.05. The minimum Gasteiger partial charge on any atom is -0.459 e. The van der Waals surface area contributed by atoms with Crippen LogP contribution in [0.3, 0.4) is 0 Å². The van der Waals surface area contributed by atoms with Crippen molar-refractivity contribution in [3.8, 4) is 0 Å². The van der Waals surface area contributed by atoms with E-state index in [-0.39, 0.29) is 23.5 Å². The Kier molecular flexibility index (Phi) is 3.49. The second-order valence-corrected chi connectivity index (χ2v) is 7.75.